The Morgan fingerprint density at radius 3 is 2.47 bits per heavy atom. The minimum absolute atomic E-state index is 0.207. The summed E-state index contributed by atoms with van der Waals surface area (Å²) in [7, 11) is 1.29. The van der Waals surface area contributed by atoms with Crippen molar-refractivity contribution in [3.63, 3.8) is 0 Å². The maximum atomic E-state index is 11.1. The summed E-state index contributed by atoms with van der Waals surface area (Å²) in [6.45, 7) is 1.57. The number of aliphatic carboxylic acids is 1. The smallest absolute Gasteiger partial charge is 0.315 e. The van der Waals surface area contributed by atoms with Gasteiger partial charge in [-0.1, -0.05) is 0 Å². The highest BCUT2D eigenvalue weighted by Gasteiger charge is 2.19. The highest BCUT2D eigenvalue weighted by molar-refractivity contribution is 5.96. The van der Waals surface area contributed by atoms with Crippen LogP contribution >= 0.6 is 0 Å². The van der Waals surface area contributed by atoms with Crippen molar-refractivity contribution in [3.05, 3.63) is 0 Å². The fourth-order valence-electron chi connectivity index (χ4n) is 0.812. The summed E-state index contributed by atoms with van der Waals surface area (Å²) in [5, 5.41) is 10.9. The fraction of sp³-hybridized carbons (Fsp3) is 0.667. The molecule has 86 valence electrons. The summed E-state index contributed by atoms with van der Waals surface area (Å²) in [4.78, 5) is 32.2. The van der Waals surface area contributed by atoms with Crippen molar-refractivity contribution in [2.24, 2.45) is 5.92 Å². The molecule has 0 saturated heterocycles. The second-order valence-electron chi connectivity index (χ2n) is 3.03. The van der Waals surface area contributed by atoms with E-state index in [0.717, 1.165) is 0 Å². The van der Waals surface area contributed by atoms with Crippen LogP contribution in [0.5, 0.6) is 0 Å². The average molecular weight is 217 g/mol. The number of carboxylic acid groups (broad SMARTS) is 1. The van der Waals surface area contributed by atoms with E-state index in [1.54, 1.807) is 0 Å². The molecule has 0 fully saturated rings. The zero-order valence-electron chi connectivity index (χ0n) is 8.78. The average Bonchev–Trinajstić information content (AvgIpc) is 2.22. The van der Waals surface area contributed by atoms with Gasteiger partial charge in [0.05, 0.1) is 7.11 Å². The molecule has 0 aromatic carbocycles. The molecule has 0 spiro atoms. The topological polar surface area (TPSA) is 92.7 Å². The second-order valence-corrected chi connectivity index (χ2v) is 3.03. The molecule has 15 heavy (non-hydrogen) atoms. The molecule has 6 nitrogen and oxygen atoms in total. The number of carbonyl (C=O) groups excluding carboxylic acids is 2. The van der Waals surface area contributed by atoms with Crippen LogP contribution in [-0.4, -0.2) is 36.6 Å². The molecule has 0 aromatic rings. The van der Waals surface area contributed by atoms with Crippen LogP contribution in [0.4, 0.5) is 0 Å². The molecule has 0 aliphatic carbocycles. The summed E-state index contributed by atoms with van der Waals surface area (Å²) in [5.74, 6) is -3.13. The molecule has 2 N–H and O–H groups in total. The second kappa shape index (κ2) is 6.80. The highest BCUT2D eigenvalue weighted by Crippen LogP contribution is 1.95. The molecule has 0 heterocycles. The molecular weight excluding hydrogens is 202 g/mol. The number of hydrogen-bond acceptors (Lipinski definition) is 4. The first-order valence-corrected chi connectivity index (χ1v) is 4.56. The Morgan fingerprint density at radius 2 is 2.00 bits per heavy atom. The number of ether oxygens (including phenoxy) is 1. The van der Waals surface area contributed by atoms with Gasteiger partial charge in [0.25, 0.3) is 0 Å². The summed E-state index contributed by atoms with van der Waals surface area (Å²) in [5.41, 5.74) is 0. The molecule has 0 rings (SSSR count). The van der Waals surface area contributed by atoms with E-state index < -0.39 is 17.8 Å². The Balaban J connectivity index is 3.64. The van der Waals surface area contributed by atoms with Gasteiger partial charge in [0.1, 0.15) is 5.92 Å². The van der Waals surface area contributed by atoms with Crippen molar-refractivity contribution in [2.75, 3.05) is 13.7 Å². The van der Waals surface area contributed by atoms with Gasteiger partial charge < -0.3 is 15.2 Å². The van der Waals surface area contributed by atoms with E-state index in [0.29, 0.717) is 6.42 Å². The lowest BCUT2D eigenvalue weighted by Gasteiger charge is -2.07. The SMILES string of the molecule is COC(=O)CCCNC(=O)C(C)C(=O)O. The number of amides is 1. The maximum absolute atomic E-state index is 11.1. The molecule has 0 bridgehead atoms. The van der Waals surface area contributed by atoms with Crippen molar-refractivity contribution in [1.29, 1.82) is 0 Å². The number of methoxy groups -OCH3 is 1. The van der Waals surface area contributed by atoms with Crippen LogP contribution in [-0.2, 0) is 19.1 Å². The van der Waals surface area contributed by atoms with E-state index in [-0.39, 0.29) is 18.9 Å². The Kier molecular flexibility index (Phi) is 6.08. The number of carboxylic acids is 1. The van der Waals surface area contributed by atoms with Gasteiger partial charge in [0.15, 0.2) is 0 Å². The van der Waals surface area contributed by atoms with Gasteiger partial charge in [-0.05, 0) is 13.3 Å². The Bertz CT molecular complexity index is 251. The van der Waals surface area contributed by atoms with Gasteiger partial charge in [-0.3, -0.25) is 14.4 Å². The summed E-state index contributed by atoms with van der Waals surface area (Å²) >= 11 is 0. The van der Waals surface area contributed by atoms with Crippen LogP contribution in [0.15, 0.2) is 0 Å². The van der Waals surface area contributed by atoms with Crippen molar-refractivity contribution in [2.45, 2.75) is 19.8 Å². The maximum Gasteiger partial charge on any atom is 0.315 e. The lowest BCUT2D eigenvalue weighted by atomic mass is 10.1. The quantitative estimate of drug-likeness (QED) is 0.364. The predicted molar refractivity (Wildman–Crippen MR) is 51.1 cm³/mol. The fourth-order valence-corrected chi connectivity index (χ4v) is 0.812. The molecule has 0 radical (unpaired) electrons. The molecule has 1 atom stereocenters. The van der Waals surface area contributed by atoms with Crippen LogP contribution in [0, 0.1) is 5.92 Å². The largest absolute Gasteiger partial charge is 0.481 e. The summed E-state index contributed by atoms with van der Waals surface area (Å²) in [6.07, 6.45) is 0.642. The van der Waals surface area contributed by atoms with Crippen LogP contribution in [0.2, 0.25) is 0 Å². The van der Waals surface area contributed by atoms with Crippen LogP contribution in [0.1, 0.15) is 19.8 Å². The standard InChI is InChI=1S/C9H15NO5/c1-6(9(13)14)8(12)10-5-3-4-7(11)15-2/h6H,3-5H2,1-2H3,(H,10,12)(H,13,14). The van der Waals surface area contributed by atoms with E-state index >= 15 is 0 Å². The Hall–Kier alpha value is -1.59. The van der Waals surface area contributed by atoms with Crippen molar-refractivity contribution in [1.82, 2.24) is 5.32 Å². The monoisotopic (exact) mass is 217 g/mol. The van der Waals surface area contributed by atoms with Gasteiger partial charge in [-0.15, -0.1) is 0 Å². The summed E-state index contributed by atoms with van der Waals surface area (Å²) in [6, 6.07) is 0. The van der Waals surface area contributed by atoms with E-state index in [1.807, 2.05) is 0 Å². The van der Waals surface area contributed by atoms with Crippen molar-refractivity contribution >= 4 is 17.8 Å². The van der Waals surface area contributed by atoms with Gasteiger partial charge in [0.2, 0.25) is 5.91 Å². The molecule has 1 amide bonds. The molecule has 0 aliphatic heterocycles. The lowest BCUT2D eigenvalue weighted by molar-refractivity contribution is -0.146. The number of nitrogens with one attached hydrogen (secondary N) is 1. The highest BCUT2D eigenvalue weighted by atomic mass is 16.5. The number of hydrogen-bond donors (Lipinski definition) is 2. The lowest BCUT2D eigenvalue weighted by Crippen LogP contribution is -2.34. The van der Waals surface area contributed by atoms with Crippen LogP contribution < -0.4 is 5.32 Å². The molecule has 0 saturated carbocycles. The first kappa shape index (κ1) is 13.4. The summed E-state index contributed by atoms with van der Waals surface area (Å²) < 4.78 is 4.40. The van der Waals surface area contributed by atoms with E-state index in [1.165, 1.54) is 14.0 Å². The third-order valence-electron chi connectivity index (χ3n) is 1.85. The molecule has 0 aromatic heterocycles. The van der Waals surface area contributed by atoms with Crippen molar-refractivity contribution < 1.29 is 24.2 Å². The zero-order valence-corrected chi connectivity index (χ0v) is 8.78. The normalized spacial score (nSPS) is 11.6. The number of carbonyl (C=O) groups is 3. The van der Waals surface area contributed by atoms with E-state index in [4.69, 9.17) is 5.11 Å². The first-order valence-electron chi connectivity index (χ1n) is 4.56. The van der Waals surface area contributed by atoms with E-state index in [9.17, 15) is 14.4 Å². The minimum Gasteiger partial charge on any atom is -0.481 e. The third-order valence-corrected chi connectivity index (χ3v) is 1.85. The zero-order chi connectivity index (χ0) is 11.8. The molecule has 0 aliphatic rings. The Labute approximate surface area is 87.6 Å². The van der Waals surface area contributed by atoms with Crippen molar-refractivity contribution in [3.8, 4) is 0 Å². The Morgan fingerprint density at radius 1 is 1.40 bits per heavy atom. The molecular formula is C9H15NO5. The molecule has 1 unspecified atom stereocenters. The van der Waals surface area contributed by atoms with Gasteiger partial charge in [-0.2, -0.15) is 0 Å². The third kappa shape index (κ3) is 5.66. The molecule has 6 heteroatoms. The van der Waals surface area contributed by atoms with Gasteiger partial charge in [-0.25, -0.2) is 0 Å². The minimum atomic E-state index is -1.17. The van der Waals surface area contributed by atoms with Gasteiger partial charge >= 0.3 is 11.9 Å². The predicted octanol–water partition coefficient (Wildman–Crippen LogP) is -0.223. The first-order chi connectivity index (χ1) is 6.99. The number of rotatable bonds is 6. The van der Waals surface area contributed by atoms with Gasteiger partial charge in [0, 0.05) is 13.0 Å². The van der Waals surface area contributed by atoms with Crippen LogP contribution in [0.3, 0.4) is 0 Å². The van der Waals surface area contributed by atoms with E-state index in [2.05, 4.69) is 10.1 Å². The number of esters is 1. The van der Waals surface area contributed by atoms with Crippen LogP contribution in [0.25, 0.3) is 0 Å².